The van der Waals surface area contributed by atoms with Crippen molar-refractivity contribution in [2.45, 2.75) is 12.5 Å². The Morgan fingerprint density at radius 2 is 1.80 bits per heavy atom. The minimum atomic E-state index is -0.106. The van der Waals surface area contributed by atoms with Gasteiger partial charge < -0.3 is 14.2 Å². The van der Waals surface area contributed by atoms with E-state index >= 15 is 0 Å². The maximum Gasteiger partial charge on any atom is 0.289 e. The van der Waals surface area contributed by atoms with Gasteiger partial charge in [0.1, 0.15) is 0 Å². The van der Waals surface area contributed by atoms with Gasteiger partial charge in [-0.05, 0) is 47.0 Å². The second kappa shape index (κ2) is 8.37. The predicted octanol–water partition coefficient (Wildman–Crippen LogP) is 3.33. The van der Waals surface area contributed by atoms with Gasteiger partial charge >= 0.3 is 0 Å². The molecule has 0 aromatic carbocycles. The van der Waals surface area contributed by atoms with E-state index in [4.69, 9.17) is 4.42 Å². The number of hydrogen-bond donors (Lipinski definition) is 0. The number of hydrogen-bond acceptors (Lipinski definition) is 6. The third kappa shape index (κ3) is 3.71. The van der Waals surface area contributed by atoms with E-state index in [2.05, 4.69) is 33.9 Å². The fourth-order valence-electron chi connectivity index (χ4n) is 4.31. The average Bonchev–Trinajstić information content (AvgIpc) is 3.55. The number of carbonyl (C=O) groups is 2. The Balaban J connectivity index is 1.24. The lowest BCUT2D eigenvalue weighted by Gasteiger charge is -2.38. The highest BCUT2D eigenvalue weighted by Gasteiger charge is 2.33. The first-order valence-electron chi connectivity index (χ1n) is 10.1. The number of furan rings is 1. The highest BCUT2D eigenvalue weighted by Crippen LogP contribution is 2.39. The van der Waals surface area contributed by atoms with Gasteiger partial charge in [-0.25, -0.2) is 0 Å². The van der Waals surface area contributed by atoms with Crippen molar-refractivity contribution in [2.24, 2.45) is 0 Å². The molecule has 1 atom stereocenters. The van der Waals surface area contributed by atoms with E-state index in [1.807, 2.05) is 16.2 Å². The van der Waals surface area contributed by atoms with Crippen molar-refractivity contribution in [2.75, 3.05) is 39.3 Å². The normalized spacial score (nSPS) is 19.7. The van der Waals surface area contributed by atoms with Crippen LogP contribution in [-0.4, -0.2) is 65.8 Å². The molecule has 30 heavy (non-hydrogen) atoms. The van der Waals surface area contributed by atoms with Crippen LogP contribution in [0.3, 0.4) is 0 Å². The van der Waals surface area contributed by atoms with Crippen molar-refractivity contribution in [3.05, 3.63) is 68.4 Å². The lowest BCUT2D eigenvalue weighted by molar-refractivity contribution is -0.134. The Morgan fingerprint density at radius 3 is 2.53 bits per heavy atom. The van der Waals surface area contributed by atoms with Gasteiger partial charge in [-0.2, -0.15) is 0 Å². The maximum atomic E-state index is 13.1. The molecule has 156 valence electrons. The van der Waals surface area contributed by atoms with Crippen LogP contribution in [0.4, 0.5) is 0 Å². The van der Waals surface area contributed by atoms with E-state index in [0.717, 1.165) is 13.0 Å². The standard InChI is InChI=1S/C22H23N3O3S2/c26-20(23-8-10-24(11-9-23)22(27)17-3-1-12-28-17)15-25-7-5-18-16(6-14-30-18)21(25)19-4-2-13-29-19/h1-4,6,12-14,21H,5,7-11,15H2/t21-/m1/s1. The van der Waals surface area contributed by atoms with Crippen LogP contribution in [-0.2, 0) is 11.2 Å². The lowest BCUT2D eigenvalue weighted by atomic mass is 9.98. The molecule has 5 rings (SSSR count). The van der Waals surface area contributed by atoms with E-state index in [1.165, 1.54) is 21.6 Å². The Morgan fingerprint density at radius 1 is 0.967 bits per heavy atom. The molecule has 2 aliphatic heterocycles. The van der Waals surface area contributed by atoms with Crippen molar-refractivity contribution in [3.8, 4) is 0 Å². The first-order chi connectivity index (χ1) is 14.7. The largest absolute Gasteiger partial charge is 0.459 e. The van der Waals surface area contributed by atoms with Crippen LogP contribution >= 0.6 is 22.7 Å². The summed E-state index contributed by atoms with van der Waals surface area (Å²) < 4.78 is 5.22. The number of amides is 2. The van der Waals surface area contributed by atoms with E-state index in [1.54, 1.807) is 28.4 Å². The summed E-state index contributed by atoms with van der Waals surface area (Å²) in [7, 11) is 0. The molecule has 0 saturated carbocycles. The fraction of sp³-hybridized carbons (Fsp3) is 0.364. The number of carbonyl (C=O) groups excluding carboxylic acids is 2. The molecule has 2 aliphatic rings. The summed E-state index contributed by atoms with van der Waals surface area (Å²) in [6, 6.07) is 10.0. The third-order valence-electron chi connectivity index (χ3n) is 5.87. The van der Waals surface area contributed by atoms with Crippen LogP contribution in [0.5, 0.6) is 0 Å². The molecule has 0 aliphatic carbocycles. The molecule has 6 nitrogen and oxygen atoms in total. The van der Waals surface area contributed by atoms with Gasteiger partial charge in [-0.1, -0.05) is 6.07 Å². The van der Waals surface area contributed by atoms with Gasteiger partial charge in [0.2, 0.25) is 5.91 Å². The van der Waals surface area contributed by atoms with E-state index in [0.29, 0.717) is 38.5 Å². The van der Waals surface area contributed by atoms with Crippen LogP contribution in [0.2, 0.25) is 0 Å². The summed E-state index contributed by atoms with van der Waals surface area (Å²) in [4.78, 5) is 34.2. The van der Waals surface area contributed by atoms with E-state index in [9.17, 15) is 9.59 Å². The molecule has 0 unspecified atom stereocenters. The molecule has 0 radical (unpaired) electrons. The molecular formula is C22H23N3O3S2. The van der Waals surface area contributed by atoms with Gasteiger partial charge in [0.25, 0.3) is 5.91 Å². The van der Waals surface area contributed by atoms with Gasteiger partial charge in [0.15, 0.2) is 5.76 Å². The Kier molecular flexibility index (Phi) is 5.45. The van der Waals surface area contributed by atoms with Crippen LogP contribution in [0.15, 0.2) is 51.8 Å². The topological polar surface area (TPSA) is 57.0 Å². The molecule has 0 spiro atoms. The predicted molar refractivity (Wildman–Crippen MR) is 117 cm³/mol. The first-order valence-corrected chi connectivity index (χ1v) is 11.9. The Labute approximate surface area is 183 Å². The molecule has 2 amide bonds. The zero-order valence-electron chi connectivity index (χ0n) is 16.5. The molecule has 0 bridgehead atoms. The average molecular weight is 442 g/mol. The molecule has 8 heteroatoms. The molecule has 5 heterocycles. The van der Waals surface area contributed by atoms with Crippen LogP contribution in [0, 0.1) is 0 Å². The number of nitrogens with zero attached hydrogens (tertiary/aromatic N) is 3. The summed E-state index contributed by atoms with van der Waals surface area (Å²) in [5.74, 6) is 0.389. The number of thiophene rings is 2. The van der Waals surface area contributed by atoms with Crippen LogP contribution in [0.1, 0.15) is 31.9 Å². The first kappa shape index (κ1) is 19.5. The van der Waals surface area contributed by atoms with Crippen molar-refractivity contribution in [3.63, 3.8) is 0 Å². The van der Waals surface area contributed by atoms with Crippen LogP contribution in [0.25, 0.3) is 0 Å². The SMILES string of the molecule is O=C(CN1CCc2sccc2[C@@H]1c1cccs1)N1CCN(C(=O)c2ccco2)CC1. The zero-order valence-corrected chi connectivity index (χ0v) is 18.2. The van der Waals surface area contributed by atoms with Crippen molar-refractivity contribution >= 4 is 34.5 Å². The summed E-state index contributed by atoms with van der Waals surface area (Å²) >= 11 is 3.56. The number of piperazine rings is 1. The minimum Gasteiger partial charge on any atom is -0.459 e. The van der Waals surface area contributed by atoms with Crippen molar-refractivity contribution < 1.29 is 14.0 Å². The summed E-state index contributed by atoms with van der Waals surface area (Å²) in [5.41, 5.74) is 1.34. The number of rotatable bonds is 4. The van der Waals surface area contributed by atoms with Gasteiger partial charge in [0.05, 0.1) is 18.8 Å². The highest BCUT2D eigenvalue weighted by atomic mass is 32.1. The second-order valence-electron chi connectivity index (χ2n) is 7.59. The molecule has 3 aromatic heterocycles. The Hall–Kier alpha value is -2.42. The minimum absolute atomic E-state index is 0.106. The molecule has 3 aromatic rings. The number of fused-ring (bicyclic) bond motifs is 1. The lowest BCUT2D eigenvalue weighted by Crippen LogP contribution is -2.53. The summed E-state index contributed by atoms with van der Waals surface area (Å²) in [6.45, 7) is 3.49. The third-order valence-corrected chi connectivity index (χ3v) is 7.79. The van der Waals surface area contributed by atoms with Gasteiger partial charge in [0, 0.05) is 42.5 Å². The second-order valence-corrected chi connectivity index (χ2v) is 9.57. The summed E-state index contributed by atoms with van der Waals surface area (Å²) in [6.07, 6.45) is 2.50. The van der Waals surface area contributed by atoms with Crippen molar-refractivity contribution in [1.82, 2.24) is 14.7 Å². The van der Waals surface area contributed by atoms with Crippen LogP contribution < -0.4 is 0 Å². The Bertz CT molecular complexity index is 1000. The molecule has 1 fully saturated rings. The van der Waals surface area contributed by atoms with Gasteiger partial charge in [-0.3, -0.25) is 14.5 Å². The quantitative estimate of drug-likeness (QED) is 0.623. The highest BCUT2D eigenvalue weighted by molar-refractivity contribution is 7.10. The molecule has 0 N–H and O–H groups in total. The zero-order chi connectivity index (χ0) is 20.5. The van der Waals surface area contributed by atoms with E-state index < -0.39 is 0 Å². The fourth-order valence-corrected chi connectivity index (χ4v) is 6.09. The smallest absolute Gasteiger partial charge is 0.289 e. The monoisotopic (exact) mass is 441 g/mol. The maximum absolute atomic E-state index is 13.1. The summed E-state index contributed by atoms with van der Waals surface area (Å²) in [5, 5.41) is 4.26. The van der Waals surface area contributed by atoms with Gasteiger partial charge in [-0.15, -0.1) is 22.7 Å². The van der Waals surface area contributed by atoms with E-state index in [-0.39, 0.29) is 17.9 Å². The molecule has 1 saturated heterocycles. The van der Waals surface area contributed by atoms with Crippen molar-refractivity contribution in [1.29, 1.82) is 0 Å². The molecular weight excluding hydrogens is 418 g/mol.